The monoisotopic (exact) mass is 567 g/mol. The van der Waals surface area contributed by atoms with Gasteiger partial charge in [0.2, 0.25) is 5.43 Å². The van der Waals surface area contributed by atoms with Crippen molar-refractivity contribution in [1.29, 1.82) is 0 Å². The predicted molar refractivity (Wildman–Crippen MR) is 141 cm³/mol. The summed E-state index contributed by atoms with van der Waals surface area (Å²) in [5, 5.41) is 10.8. The van der Waals surface area contributed by atoms with E-state index in [0.717, 1.165) is 18.6 Å². The van der Waals surface area contributed by atoms with Crippen molar-refractivity contribution in [2.24, 2.45) is 0 Å². The molecule has 11 nitrogen and oxygen atoms in total. The second-order valence-corrected chi connectivity index (χ2v) is 9.15. The minimum absolute atomic E-state index is 0.0558. The van der Waals surface area contributed by atoms with Crippen LogP contribution >= 0.6 is 0 Å². The van der Waals surface area contributed by atoms with Gasteiger partial charge in [-0.05, 0) is 38.1 Å². The zero-order chi connectivity index (χ0) is 29.4. The van der Waals surface area contributed by atoms with E-state index in [4.69, 9.17) is 5.73 Å². The largest absolute Gasteiger partial charge is 0.383 e. The molecule has 0 aliphatic rings. The molecule has 1 amide bonds. The fraction of sp³-hybridized carbons (Fsp3) is 0.192. The summed E-state index contributed by atoms with van der Waals surface area (Å²) < 4.78 is 55.7. The Morgan fingerprint density at radius 1 is 1.00 bits per heavy atom. The van der Waals surface area contributed by atoms with Gasteiger partial charge in [-0.2, -0.15) is 10.2 Å². The fourth-order valence-electron chi connectivity index (χ4n) is 4.02. The maximum Gasteiger partial charge on any atom is 0.289 e. The summed E-state index contributed by atoms with van der Waals surface area (Å²) in [5.41, 5.74) is 5.48. The number of nitrogens with two attached hydrogens (primary N) is 1. The Kier molecular flexibility index (Phi) is 7.17. The van der Waals surface area contributed by atoms with E-state index in [-0.39, 0.29) is 45.5 Å². The smallest absolute Gasteiger partial charge is 0.289 e. The number of fused-ring (bicyclic) bond motifs is 1. The summed E-state index contributed by atoms with van der Waals surface area (Å²) in [7, 11) is 0. The molecule has 0 saturated carbocycles. The molecule has 5 rings (SSSR count). The van der Waals surface area contributed by atoms with Crippen LogP contribution in [-0.2, 0) is 0 Å². The highest BCUT2D eigenvalue weighted by Gasteiger charge is 2.28. The molecule has 15 heteroatoms. The summed E-state index contributed by atoms with van der Waals surface area (Å²) >= 11 is 0. The molecule has 0 fully saturated rings. The van der Waals surface area contributed by atoms with Crippen LogP contribution in [0.4, 0.5) is 29.1 Å². The summed E-state index contributed by atoms with van der Waals surface area (Å²) in [4.78, 5) is 38.0. The second kappa shape index (κ2) is 10.7. The van der Waals surface area contributed by atoms with Crippen LogP contribution < -0.4 is 16.5 Å². The third-order valence-electron chi connectivity index (χ3n) is 6.06. The van der Waals surface area contributed by atoms with Crippen molar-refractivity contribution in [2.75, 3.05) is 11.1 Å². The number of carbonyl (C=O) groups excluding carboxylic acids is 1. The molecule has 1 aromatic carbocycles. The molecule has 4 aromatic heterocycles. The number of carbonyl (C=O) groups is 1. The van der Waals surface area contributed by atoms with Gasteiger partial charge in [0.15, 0.2) is 11.3 Å². The molecule has 0 aliphatic carbocycles. The minimum atomic E-state index is -3.36. The van der Waals surface area contributed by atoms with Gasteiger partial charge in [0.1, 0.15) is 23.7 Å². The van der Waals surface area contributed by atoms with E-state index in [1.807, 2.05) is 0 Å². The lowest BCUT2D eigenvalue weighted by Gasteiger charge is -2.13. The van der Waals surface area contributed by atoms with Gasteiger partial charge < -0.3 is 11.1 Å². The molecule has 0 radical (unpaired) electrons. The molecule has 0 spiro atoms. The van der Waals surface area contributed by atoms with E-state index >= 15 is 0 Å². The van der Waals surface area contributed by atoms with Crippen molar-refractivity contribution in [3.63, 3.8) is 0 Å². The number of nitrogen functional groups attached to an aromatic ring is 1. The Hall–Kier alpha value is -5.21. The Bertz CT molecular complexity index is 1800. The number of pyridine rings is 1. The number of nitrogens with zero attached hydrogens (tertiary/aromatic N) is 7. The zero-order valence-electron chi connectivity index (χ0n) is 21.5. The van der Waals surface area contributed by atoms with Crippen LogP contribution in [0.25, 0.3) is 33.5 Å². The lowest BCUT2D eigenvalue weighted by atomic mass is 10.1. The molecule has 1 atom stereocenters. The maximum atomic E-state index is 14.2. The normalized spacial score (nSPS) is 12.3. The summed E-state index contributed by atoms with van der Waals surface area (Å²) in [6.07, 6.45) is -2.70. The Labute approximate surface area is 228 Å². The highest BCUT2D eigenvalue weighted by molar-refractivity contribution is 6.03. The third kappa shape index (κ3) is 5.20. The van der Waals surface area contributed by atoms with Gasteiger partial charge in [0.05, 0.1) is 22.8 Å². The van der Waals surface area contributed by atoms with E-state index in [0.29, 0.717) is 10.2 Å². The first-order chi connectivity index (χ1) is 19.5. The number of rotatable bonds is 7. The first kappa shape index (κ1) is 27.4. The average Bonchev–Trinajstić information content (AvgIpc) is 3.34. The molecule has 0 aliphatic heterocycles. The number of amides is 1. The van der Waals surface area contributed by atoms with Crippen LogP contribution in [-0.4, -0.2) is 46.8 Å². The van der Waals surface area contributed by atoms with Gasteiger partial charge in [-0.25, -0.2) is 32.2 Å². The summed E-state index contributed by atoms with van der Waals surface area (Å²) in [5.74, 6) is -1.48. The highest BCUT2D eigenvalue weighted by atomic mass is 19.3. The van der Waals surface area contributed by atoms with E-state index in [1.54, 1.807) is 13.8 Å². The van der Waals surface area contributed by atoms with Crippen molar-refractivity contribution in [2.45, 2.75) is 32.6 Å². The van der Waals surface area contributed by atoms with Crippen molar-refractivity contribution in [3.8, 4) is 22.5 Å². The number of hydrogen-bond donors (Lipinski definition) is 2. The average molecular weight is 568 g/mol. The van der Waals surface area contributed by atoms with E-state index in [9.17, 15) is 27.2 Å². The van der Waals surface area contributed by atoms with E-state index in [2.05, 4.69) is 30.5 Å². The van der Waals surface area contributed by atoms with Gasteiger partial charge in [0.25, 0.3) is 18.6 Å². The number of alkyl halides is 3. The minimum Gasteiger partial charge on any atom is -0.383 e. The van der Waals surface area contributed by atoms with Gasteiger partial charge in [0, 0.05) is 23.5 Å². The van der Waals surface area contributed by atoms with Crippen LogP contribution in [0.5, 0.6) is 0 Å². The summed E-state index contributed by atoms with van der Waals surface area (Å²) in [6, 6.07) is 8.16. The Balaban J connectivity index is 1.48. The molecule has 5 aromatic rings. The number of aromatic nitrogens is 7. The number of halogens is 4. The quantitative estimate of drug-likeness (QED) is 0.275. The van der Waals surface area contributed by atoms with Crippen molar-refractivity contribution >= 4 is 28.4 Å². The molecule has 41 heavy (non-hydrogen) atoms. The van der Waals surface area contributed by atoms with E-state index < -0.39 is 35.6 Å². The predicted octanol–water partition coefficient (Wildman–Crippen LogP) is 4.40. The van der Waals surface area contributed by atoms with Crippen LogP contribution in [0.3, 0.4) is 0 Å². The molecule has 0 bridgehead atoms. The van der Waals surface area contributed by atoms with Gasteiger partial charge in [-0.3, -0.25) is 19.3 Å². The molecular formula is C26H21F4N9O2. The zero-order valence-corrected chi connectivity index (χ0v) is 21.5. The number of anilines is 2. The first-order valence-corrected chi connectivity index (χ1v) is 12.1. The first-order valence-electron chi connectivity index (χ1n) is 12.1. The van der Waals surface area contributed by atoms with Crippen LogP contribution in [0.2, 0.25) is 0 Å². The molecule has 0 saturated heterocycles. The molecule has 210 valence electrons. The lowest BCUT2D eigenvalue weighted by Crippen LogP contribution is -2.28. The number of benzene rings is 1. The number of hydrogen-bond acceptors (Lipinski definition) is 8. The third-order valence-corrected chi connectivity index (χ3v) is 6.06. The Morgan fingerprint density at radius 3 is 2.37 bits per heavy atom. The van der Waals surface area contributed by atoms with Gasteiger partial charge in [-0.15, -0.1) is 0 Å². The van der Waals surface area contributed by atoms with Crippen molar-refractivity contribution in [3.05, 3.63) is 76.9 Å². The molecule has 3 N–H and O–H groups in total. The molecule has 1 unspecified atom stereocenters. The lowest BCUT2D eigenvalue weighted by molar-refractivity contribution is 0.00323. The van der Waals surface area contributed by atoms with Crippen molar-refractivity contribution < 1.29 is 22.4 Å². The fourth-order valence-corrected chi connectivity index (χ4v) is 4.02. The van der Waals surface area contributed by atoms with Gasteiger partial charge in [-0.1, -0.05) is 12.1 Å². The van der Waals surface area contributed by atoms with Crippen LogP contribution in [0, 0.1) is 5.82 Å². The summed E-state index contributed by atoms with van der Waals surface area (Å²) in [6.45, 7) is 3.60. The SMILES string of the molecule is CC(C)n1cc(-c2ccc(F)cn2)c(=O)c(C(=O)Nc2ccc(-c3nn(C(F)C(F)F)c4ncnc(N)c34)cc2)n1. The molecule has 4 heterocycles. The number of nitrogens with one attached hydrogen (secondary N) is 1. The van der Waals surface area contributed by atoms with Crippen LogP contribution in [0.15, 0.2) is 59.9 Å². The van der Waals surface area contributed by atoms with E-state index in [1.165, 1.54) is 41.2 Å². The topological polar surface area (TPSA) is 146 Å². The van der Waals surface area contributed by atoms with Crippen molar-refractivity contribution in [1.82, 2.24) is 34.5 Å². The Morgan fingerprint density at radius 2 is 1.73 bits per heavy atom. The highest BCUT2D eigenvalue weighted by Crippen LogP contribution is 2.33. The second-order valence-electron chi connectivity index (χ2n) is 9.15. The van der Waals surface area contributed by atoms with Gasteiger partial charge >= 0.3 is 0 Å². The van der Waals surface area contributed by atoms with Crippen LogP contribution in [0.1, 0.15) is 36.7 Å². The maximum absolute atomic E-state index is 14.2. The molecular weight excluding hydrogens is 546 g/mol. The standard InChI is InChI=1S/C26H21F4N9O2/c1-12(2)38-10-16(17-8-5-14(27)9-32-17)21(40)20(36-38)26(41)35-15-6-3-13(4-7-15)19-18-24(31)33-11-34-25(18)39(37-19)23(30)22(28)29/h3-12,22-23H,1-2H3,(H,35,41)(H2,31,33,34).